The van der Waals surface area contributed by atoms with Gasteiger partial charge in [0.2, 0.25) is 6.10 Å². The van der Waals surface area contributed by atoms with Gasteiger partial charge in [0.05, 0.1) is 19.3 Å². The Morgan fingerprint density at radius 3 is 2.69 bits per heavy atom. The number of rotatable bonds is 8. The Bertz CT molecular complexity index is 1170. The van der Waals surface area contributed by atoms with E-state index in [4.69, 9.17) is 34.2 Å². The summed E-state index contributed by atoms with van der Waals surface area (Å²) in [6, 6.07) is 1.14. The zero-order valence-electron chi connectivity index (χ0n) is 19.6. The molecule has 3 rings (SSSR count). The number of ether oxygens (including phenoxy) is 3. The normalized spacial score (nSPS) is 30.8. The number of nitrogens with zero attached hydrogens (tertiary/aromatic N) is 1. The van der Waals surface area contributed by atoms with Crippen molar-refractivity contribution in [2.45, 2.75) is 64.8 Å². The first-order valence-electron chi connectivity index (χ1n) is 10.8. The molecule has 0 amide bonds. The van der Waals surface area contributed by atoms with Gasteiger partial charge in [0.15, 0.2) is 6.23 Å². The fourth-order valence-corrected chi connectivity index (χ4v) is 5.22. The standard InChI is InChI=1S/C21H27N2O11P/c1-6-21(5)17-15(33-19(21)23-9-7-16(25)22-20(23)27)11-30-35(28,34-17)29-10-8-14(32-13(4)24)18(26)31-12(2)3/h1,7,9,12,14-15,17,19H,8,10-11H2,2-5H3,(H,22,25,27)/t14-,15+,17+,19+,21+,35-/m0/s1. The van der Waals surface area contributed by atoms with Crippen molar-refractivity contribution in [2.24, 2.45) is 5.41 Å². The largest absolute Gasteiger partial charge is 0.475 e. The number of carbonyl (C=O) groups excluding carboxylic acids is 2. The number of hydrogen-bond acceptors (Lipinski definition) is 11. The highest BCUT2D eigenvalue weighted by Crippen LogP contribution is 2.60. The van der Waals surface area contributed by atoms with Crippen LogP contribution < -0.4 is 11.2 Å². The molecule has 1 N–H and O–H groups in total. The molecule has 1 aromatic heterocycles. The van der Waals surface area contributed by atoms with Gasteiger partial charge in [-0.2, -0.15) is 0 Å². The quantitative estimate of drug-likeness (QED) is 0.298. The van der Waals surface area contributed by atoms with Crippen molar-refractivity contribution in [1.29, 1.82) is 0 Å². The van der Waals surface area contributed by atoms with Crippen molar-refractivity contribution < 1.29 is 41.9 Å². The van der Waals surface area contributed by atoms with Gasteiger partial charge in [-0.1, -0.05) is 5.92 Å². The summed E-state index contributed by atoms with van der Waals surface area (Å²) in [7, 11) is -4.18. The maximum atomic E-state index is 13.2. The number of carbonyl (C=O) groups is 2. The van der Waals surface area contributed by atoms with Crippen molar-refractivity contribution in [2.75, 3.05) is 13.2 Å². The molecule has 14 heteroatoms. The van der Waals surface area contributed by atoms with Gasteiger partial charge in [-0.15, -0.1) is 6.42 Å². The topological polar surface area (TPSA) is 161 Å². The van der Waals surface area contributed by atoms with Crippen LogP contribution in [0.4, 0.5) is 0 Å². The monoisotopic (exact) mass is 514 g/mol. The van der Waals surface area contributed by atoms with Crippen LogP contribution in [0.15, 0.2) is 21.9 Å². The molecular formula is C21H27N2O11P. The van der Waals surface area contributed by atoms with Crippen LogP contribution >= 0.6 is 7.82 Å². The number of aromatic amines is 1. The highest BCUT2D eigenvalue weighted by molar-refractivity contribution is 7.48. The summed E-state index contributed by atoms with van der Waals surface area (Å²) >= 11 is 0. The minimum Gasteiger partial charge on any atom is -0.460 e. The zero-order valence-corrected chi connectivity index (χ0v) is 20.5. The van der Waals surface area contributed by atoms with E-state index in [1.165, 1.54) is 6.20 Å². The number of esters is 2. The molecule has 1 aromatic rings. The van der Waals surface area contributed by atoms with E-state index in [0.717, 1.165) is 17.6 Å². The minimum absolute atomic E-state index is 0.172. The third kappa shape index (κ3) is 5.91. The number of aromatic nitrogens is 2. The Morgan fingerprint density at radius 1 is 1.37 bits per heavy atom. The van der Waals surface area contributed by atoms with Gasteiger partial charge in [0.25, 0.3) is 5.56 Å². The van der Waals surface area contributed by atoms with E-state index in [1.807, 2.05) is 0 Å². The Kier molecular flexibility index (Phi) is 8.03. The molecule has 192 valence electrons. The highest BCUT2D eigenvalue weighted by atomic mass is 31.2. The van der Waals surface area contributed by atoms with Gasteiger partial charge < -0.3 is 14.2 Å². The average Bonchev–Trinajstić information content (AvgIpc) is 3.04. The molecule has 0 bridgehead atoms. The summed E-state index contributed by atoms with van der Waals surface area (Å²) in [4.78, 5) is 49.4. The van der Waals surface area contributed by atoms with Gasteiger partial charge in [-0.3, -0.25) is 32.7 Å². The van der Waals surface area contributed by atoms with E-state index in [1.54, 1.807) is 20.8 Å². The van der Waals surface area contributed by atoms with E-state index >= 15 is 0 Å². The third-order valence-corrected chi connectivity index (χ3v) is 6.80. The first kappa shape index (κ1) is 26.8. The van der Waals surface area contributed by atoms with Crippen LogP contribution in [0.2, 0.25) is 0 Å². The molecule has 2 aliphatic heterocycles. The van der Waals surface area contributed by atoms with E-state index in [-0.39, 0.29) is 19.6 Å². The molecule has 2 aliphatic rings. The van der Waals surface area contributed by atoms with Crippen LogP contribution in [-0.4, -0.2) is 59.1 Å². The van der Waals surface area contributed by atoms with Crippen LogP contribution in [0.3, 0.4) is 0 Å². The van der Waals surface area contributed by atoms with E-state index in [9.17, 15) is 23.7 Å². The van der Waals surface area contributed by atoms with Crippen molar-refractivity contribution >= 4 is 19.8 Å². The number of nitrogens with one attached hydrogen (secondary N) is 1. The van der Waals surface area contributed by atoms with E-state index in [2.05, 4.69) is 10.9 Å². The third-order valence-electron chi connectivity index (χ3n) is 5.35. The number of fused-ring (bicyclic) bond motifs is 1. The maximum Gasteiger partial charge on any atom is 0.475 e. The first-order valence-corrected chi connectivity index (χ1v) is 12.2. The van der Waals surface area contributed by atoms with Crippen LogP contribution in [0.5, 0.6) is 0 Å². The smallest absolute Gasteiger partial charge is 0.460 e. The van der Waals surface area contributed by atoms with Crippen LogP contribution in [0, 0.1) is 17.8 Å². The lowest BCUT2D eigenvalue weighted by Gasteiger charge is -2.35. The molecule has 0 aromatic carbocycles. The number of phosphoric acid groups is 1. The van der Waals surface area contributed by atoms with E-state index in [0.29, 0.717) is 0 Å². The Morgan fingerprint density at radius 2 is 2.09 bits per heavy atom. The Hall–Kier alpha value is -2.75. The molecule has 2 saturated heterocycles. The Balaban J connectivity index is 1.72. The highest BCUT2D eigenvalue weighted by Gasteiger charge is 2.60. The summed E-state index contributed by atoms with van der Waals surface area (Å²) in [5.41, 5.74) is -2.63. The summed E-state index contributed by atoms with van der Waals surface area (Å²) in [6.45, 7) is 5.42. The molecule has 3 heterocycles. The predicted octanol–water partition coefficient (Wildman–Crippen LogP) is 0.887. The number of H-pyrrole nitrogens is 1. The van der Waals surface area contributed by atoms with Crippen molar-refractivity contribution in [1.82, 2.24) is 9.55 Å². The molecule has 35 heavy (non-hydrogen) atoms. The molecule has 0 aliphatic carbocycles. The van der Waals surface area contributed by atoms with Gasteiger partial charge in [0, 0.05) is 25.6 Å². The molecule has 13 nitrogen and oxygen atoms in total. The number of terminal acetylenes is 1. The minimum atomic E-state index is -4.18. The van der Waals surface area contributed by atoms with Crippen molar-refractivity contribution in [3.63, 3.8) is 0 Å². The van der Waals surface area contributed by atoms with Crippen LogP contribution in [0.25, 0.3) is 0 Å². The summed E-state index contributed by atoms with van der Waals surface area (Å²) in [5.74, 6) is 1.07. The van der Waals surface area contributed by atoms with Gasteiger partial charge >= 0.3 is 25.5 Å². The number of phosphoric ester groups is 1. The Labute approximate surface area is 200 Å². The van der Waals surface area contributed by atoms with Crippen LogP contribution in [0.1, 0.15) is 40.3 Å². The number of hydrogen-bond donors (Lipinski definition) is 1. The molecule has 0 unspecified atom stereocenters. The lowest BCUT2D eigenvalue weighted by Crippen LogP contribution is -2.43. The van der Waals surface area contributed by atoms with Gasteiger partial charge in [0.1, 0.15) is 17.6 Å². The molecule has 2 fully saturated rings. The SMILES string of the molecule is C#C[C@]1(C)[C@@H]2O[P@@](=O)(OCC[C@H](OC(C)=O)C(=O)OC(C)C)OC[C@H]2O[C@H]1n1ccc(=O)[nH]c1=O. The summed E-state index contributed by atoms with van der Waals surface area (Å²) in [6.07, 6.45) is 2.27. The molecule has 0 saturated carbocycles. The second kappa shape index (κ2) is 10.5. The van der Waals surface area contributed by atoms with Crippen LogP contribution in [-0.2, 0) is 41.9 Å². The maximum absolute atomic E-state index is 13.2. The fourth-order valence-electron chi connectivity index (χ4n) is 3.74. The average molecular weight is 514 g/mol. The fraction of sp³-hybridized carbons (Fsp3) is 0.619. The molecule has 6 atom stereocenters. The van der Waals surface area contributed by atoms with Crippen molar-refractivity contribution in [3.05, 3.63) is 33.1 Å². The molecular weight excluding hydrogens is 487 g/mol. The first-order chi connectivity index (χ1) is 16.4. The molecule has 0 radical (unpaired) electrons. The van der Waals surface area contributed by atoms with Crippen molar-refractivity contribution in [3.8, 4) is 12.3 Å². The predicted molar refractivity (Wildman–Crippen MR) is 118 cm³/mol. The summed E-state index contributed by atoms with van der Waals surface area (Å²) < 4.78 is 46.4. The van der Waals surface area contributed by atoms with Gasteiger partial charge in [-0.05, 0) is 20.8 Å². The lowest BCUT2D eigenvalue weighted by molar-refractivity contribution is -0.170. The second-order valence-electron chi connectivity index (χ2n) is 8.45. The lowest BCUT2D eigenvalue weighted by atomic mass is 9.83. The summed E-state index contributed by atoms with van der Waals surface area (Å²) in [5, 5.41) is 0. The second-order valence-corrected chi connectivity index (χ2v) is 10.1. The van der Waals surface area contributed by atoms with Gasteiger partial charge in [-0.25, -0.2) is 14.2 Å². The zero-order chi connectivity index (χ0) is 26.0. The van der Waals surface area contributed by atoms with E-state index < -0.39 is 67.1 Å². The molecule has 0 spiro atoms.